The Morgan fingerprint density at radius 2 is 1.70 bits per heavy atom. The number of hydrogen-bond donors (Lipinski definition) is 3. The first-order valence-corrected chi connectivity index (χ1v) is 13.8. The summed E-state index contributed by atoms with van der Waals surface area (Å²) in [6, 6.07) is 5.81. The third-order valence-electron chi connectivity index (χ3n) is 5.51. The van der Waals surface area contributed by atoms with Crippen LogP contribution in [0.5, 0.6) is 5.75 Å². The van der Waals surface area contributed by atoms with Crippen molar-refractivity contribution < 1.29 is 35.9 Å². The predicted octanol–water partition coefficient (Wildman–Crippen LogP) is 4.61. The lowest BCUT2D eigenvalue weighted by molar-refractivity contribution is -0.137. The number of aryl methyl sites for hydroxylation is 1. The molecule has 0 aliphatic rings. The Kier molecular flexibility index (Phi) is 8.53. The molecule has 1 aromatic heterocycles. The standard InChI is InChI=1S/C26H30F3N5O5S/c1-15-7-8-16(9-21(15)34-12-20(31-14-34)24(36)30-13-25(2,3)4)23(35)32-18-10-17(26(27,28)29)11-19(22(18)39-5)33-40(6,37)38/h7-12,14,33H,13H2,1-6H3,(H,30,36)(H,32,35). The molecular weight excluding hydrogens is 551 g/mol. The minimum Gasteiger partial charge on any atom is -0.492 e. The molecule has 216 valence electrons. The largest absolute Gasteiger partial charge is 0.492 e. The van der Waals surface area contributed by atoms with Crippen LogP contribution >= 0.6 is 0 Å². The van der Waals surface area contributed by atoms with Crippen molar-refractivity contribution >= 4 is 33.2 Å². The molecule has 0 spiro atoms. The van der Waals surface area contributed by atoms with Crippen LogP contribution in [0.1, 0.15) is 52.7 Å². The van der Waals surface area contributed by atoms with Gasteiger partial charge in [-0.05, 0) is 42.2 Å². The highest BCUT2D eigenvalue weighted by atomic mass is 32.2. The maximum atomic E-state index is 13.6. The minimum absolute atomic E-state index is 0.0742. The van der Waals surface area contributed by atoms with Gasteiger partial charge in [-0.3, -0.25) is 14.3 Å². The molecule has 0 bridgehead atoms. The molecule has 10 nitrogen and oxygen atoms in total. The zero-order chi connectivity index (χ0) is 30.0. The summed E-state index contributed by atoms with van der Waals surface area (Å²) in [7, 11) is -2.84. The maximum absolute atomic E-state index is 13.6. The van der Waals surface area contributed by atoms with E-state index in [2.05, 4.69) is 15.6 Å². The molecule has 3 aromatic rings. The fourth-order valence-electron chi connectivity index (χ4n) is 3.61. The van der Waals surface area contributed by atoms with Crippen LogP contribution < -0.4 is 20.1 Å². The third kappa shape index (κ3) is 7.74. The molecule has 2 aromatic carbocycles. The number of imidazole rings is 1. The highest BCUT2D eigenvalue weighted by molar-refractivity contribution is 7.92. The highest BCUT2D eigenvalue weighted by Crippen LogP contribution is 2.41. The molecule has 0 aliphatic heterocycles. The number of ether oxygens (including phenoxy) is 1. The van der Waals surface area contributed by atoms with Gasteiger partial charge in [-0.25, -0.2) is 13.4 Å². The summed E-state index contributed by atoms with van der Waals surface area (Å²) in [5.41, 5.74) is -0.734. The van der Waals surface area contributed by atoms with Crippen molar-refractivity contribution in [1.82, 2.24) is 14.9 Å². The lowest BCUT2D eigenvalue weighted by atomic mass is 9.97. The number of halogens is 3. The average molecular weight is 582 g/mol. The molecule has 2 amide bonds. The zero-order valence-electron chi connectivity index (χ0n) is 22.7. The first kappa shape index (κ1) is 30.5. The number of rotatable bonds is 8. The number of nitrogens with one attached hydrogen (secondary N) is 3. The van der Waals surface area contributed by atoms with Gasteiger partial charge >= 0.3 is 6.18 Å². The Morgan fingerprint density at radius 1 is 1.05 bits per heavy atom. The van der Waals surface area contributed by atoms with Crippen LogP contribution in [0.15, 0.2) is 42.9 Å². The Hall–Kier alpha value is -4.07. The molecule has 0 saturated carbocycles. The summed E-state index contributed by atoms with van der Waals surface area (Å²) in [5.74, 6) is -1.46. The zero-order valence-corrected chi connectivity index (χ0v) is 23.5. The summed E-state index contributed by atoms with van der Waals surface area (Å²) in [6.45, 7) is 8.14. The van der Waals surface area contributed by atoms with Crippen molar-refractivity contribution in [1.29, 1.82) is 0 Å². The Bertz CT molecular complexity index is 1540. The van der Waals surface area contributed by atoms with E-state index >= 15 is 0 Å². The Morgan fingerprint density at radius 3 is 2.27 bits per heavy atom. The Balaban J connectivity index is 1.95. The second-order valence-electron chi connectivity index (χ2n) is 10.3. The van der Waals surface area contributed by atoms with Crippen molar-refractivity contribution in [2.75, 3.05) is 29.9 Å². The van der Waals surface area contributed by atoms with E-state index in [9.17, 15) is 31.2 Å². The number of carbonyl (C=O) groups excluding carboxylic acids is 2. The molecule has 1 heterocycles. The summed E-state index contributed by atoms with van der Waals surface area (Å²) in [6.07, 6.45) is -1.15. The van der Waals surface area contributed by atoms with Gasteiger partial charge in [-0.15, -0.1) is 0 Å². The fourth-order valence-corrected chi connectivity index (χ4v) is 4.16. The van der Waals surface area contributed by atoms with Crippen molar-refractivity contribution in [3.63, 3.8) is 0 Å². The Labute approximate surface area is 230 Å². The van der Waals surface area contributed by atoms with Gasteiger partial charge in [-0.1, -0.05) is 26.8 Å². The monoisotopic (exact) mass is 581 g/mol. The number of nitrogens with zero attached hydrogens (tertiary/aromatic N) is 2. The average Bonchev–Trinajstić information content (AvgIpc) is 3.30. The predicted molar refractivity (Wildman–Crippen MR) is 145 cm³/mol. The van der Waals surface area contributed by atoms with Crippen LogP contribution in [-0.4, -0.2) is 49.7 Å². The van der Waals surface area contributed by atoms with Gasteiger partial charge in [0.1, 0.15) is 12.0 Å². The molecule has 40 heavy (non-hydrogen) atoms. The van der Waals surface area contributed by atoms with Crippen LogP contribution in [-0.2, 0) is 16.2 Å². The maximum Gasteiger partial charge on any atom is 0.416 e. The van der Waals surface area contributed by atoms with Crippen LogP contribution in [0.4, 0.5) is 24.5 Å². The number of hydrogen-bond acceptors (Lipinski definition) is 6. The molecule has 0 aliphatic carbocycles. The molecular formula is C26H30F3N5O5S. The third-order valence-corrected chi connectivity index (χ3v) is 6.10. The number of methoxy groups -OCH3 is 1. The SMILES string of the molecule is COc1c(NC(=O)c2ccc(C)c(-n3cnc(C(=O)NCC(C)(C)C)c3)c2)cc(C(F)(F)F)cc1NS(C)(=O)=O. The van der Waals surface area contributed by atoms with Gasteiger partial charge in [0, 0.05) is 18.3 Å². The molecule has 14 heteroatoms. The molecule has 0 atom stereocenters. The molecule has 0 saturated heterocycles. The second-order valence-corrected chi connectivity index (χ2v) is 12.1. The van der Waals surface area contributed by atoms with E-state index < -0.39 is 39.0 Å². The van der Waals surface area contributed by atoms with Crippen molar-refractivity contribution in [2.45, 2.75) is 33.9 Å². The quantitative estimate of drug-likeness (QED) is 0.356. The van der Waals surface area contributed by atoms with Crippen molar-refractivity contribution in [3.8, 4) is 11.4 Å². The van der Waals surface area contributed by atoms with Crippen LogP contribution in [0.3, 0.4) is 0 Å². The number of amides is 2. The van der Waals surface area contributed by atoms with E-state index in [1.807, 2.05) is 25.5 Å². The van der Waals surface area contributed by atoms with E-state index in [-0.39, 0.29) is 28.3 Å². The summed E-state index contributed by atoms with van der Waals surface area (Å²) >= 11 is 0. The number of aromatic nitrogens is 2. The van der Waals surface area contributed by atoms with Gasteiger partial charge in [0.25, 0.3) is 11.8 Å². The van der Waals surface area contributed by atoms with E-state index in [0.717, 1.165) is 18.9 Å². The lowest BCUT2D eigenvalue weighted by Crippen LogP contribution is -2.32. The van der Waals surface area contributed by atoms with Gasteiger partial charge < -0.3 is 19.9 Å². The fraction of sp³-hybridized carbons (Fsp3) is 0.346. The number of sulfonamides is 1. The highest BCUT2D eigenvalue weighted by Gasteiger charge is 2.33. The van der Waals surface area contributed by atoms with E-state index in [1.165, 1.54) is 24.7 Å². The molecule has 3 N–H and O–H groups in total. The summed E-state index contributed by atoms with van der Waals surface area (Å²) in [4.78, 5) is 29.8. The lowest BCUT2D eigenvalue weighted by Gasteiger charge is -2.18. The second kappa shape index (κ2) is 11.2. The number of alkyl halides is 3. The van der Waals surface area contributed by atoms with Crippen molar-refractivity contribution in [3.05, 3.63) is 65.2 Å². The van der Waals surface area contributed by atoms with E-state index in [4.69, 9.17) is 4.74 Å². The molecule has 0 fully saturated rings. The van der Waals surface area contributed by atoms with Gasteiger partial charge in [-0.2, -0.15) is 13.2 Å². The molecule has 0 unspecified atom stereocenters. The molecule has 0 radical (unpaired) electrons. The normalized spacial score (nSPS) is 12.1. The number of anilines is 2. The summed E-state index contributed by atoms with van der Waals surface area (Å²) in [5, 5.41) is 5.19. The van der Waals surface area contributed by atoms with Crippen molar-refractivity contribution in [2.24, 2.45) is 5.41 Å². The van der Waals surface area contributed by atoms with E-state index in [0.29, 0.717) is 24.4 Å². The number of benzene rings is 2. The minimum atomic E-state index is -4.84. The van der Waals surface area contributed by atoms with Gasteiger partial charge in [0.2, 0.25) is 10.0 Å². The molecule has 3 rings (SSSR count). The summed E-state index contributed by atoms with van der Waals surface area (Å²) < 4.78 is 72.9. The van der Waals surface area contributed by atoms with Crippen LogP contribution in [0, 0.1) is 12.3 Å². The smallest absolute Gasteiger partial charge is 0.416 e. The van der Waals surface area contributed by atoms with Gasteiger partial charge in [0.15, 0.2) is 5.75 Å². The van der Waals surface area contributed by atoms with Gasteiger partial charge in [0.05, 0.1) is 36.0 Å². The first-order valence-electron chi connectivity index (χ1n) is 11.9. The first-order chi connectivity index (χ1) is 18.4. The topological polar surface area (TPSA) is 131 Å². The van der Waals surface area contributed by atoms with Crippen LogP contribution in [0.2, 0.25) is 0 Å². The number of carbonyl (C=O) groups is 2. The van der Waals surface area contributed by atoms with E-state index in [1.54, 1.807) is 17.6 Å². The van der Waals surface area contributed by atoms with Crippen LogP contribution in [0.25, 0.3) is 5.69 Å².